The topological polar surface area (TPSA) is 86.7 Å². The average Bonchev–Trinajstić information content (AvgIpc) is 3.13. The maximum absolute atomic E-state index is 13.8. The highest BCUT2D eigenvalue weighted by Crippen LogP contribution is 2.62. The van der Waals surface area contributed by atoms with Crippen molar-refractivity contribution in [2.45, 2.75) is 48.5 Å². The van der Waals surface area contributed by atoms with Crippen LogP contribution in [0.2, 0.25) is 0 Å². The van der Waals surface area contributed by atoms with Gasteiger partial charge >= 0.3 is 31.3 Å². The van der Waals surface area contributed by atoms with Crippen molar-refractivity contribution < 1.29 is 51.5 Å². The molecule has 0 saturated carbocycles. The van der Waals surface area contributed by atoms with E-state index < -0.39 is 54.6 Å². The zero-order chi connectivity index (χ0) is 38.2. The van der Waals surface area contributed by atoms with Crippen LogP contribution in [0.15, 0.2) is 109 Å². The van der Waals surface area contributed by atoms with E-state index in [4.69, 9.17) is 8.37 Å². The summed E-state index contributed by atoms with van der Waals surface area (Å²) in [6.07, 6.45) is 1.99. The molecule has 0 heterocycles. The first kappa shape index (κ1) is 35.9. The van der Waals surface area contributed by atoms with Gasteiger partial charge in [0.25, 0.3) is 0 Å². The number of hydrogen-bond acceptors (Lipinski definition) is 6. The standard InChI is InChI=1S/C40H28F6O6S2/c41-39(42,43)53(47,48)51-31-21-17-25-15-19-29-27-13-7-8-14-28(27)30-20-16-26-18-22-32(52-54(49,50)40(44,45)46)34(24-11-5-2-6-12-24)36(26)38(30)37(29)35(25)33(31)23-9-3-1-4-10-23/h1-14,17-18,21-22,29-30H,15-16,19-20H2. The summed E-state index contributed by atoms with van der Waals surface area (Å²) in [7, 11) is -12.2. The number of fused-ring (bicyclic) bond motifs is 9. The molecular formula is C40H28F6O6S2. The largest absolute Gasteiger partial charge is 0.534 e. The Balaban J connectivity index is 1.52. The Bertz CT molecular complexity index is 2390. The second-order valence-corrected chi connectivity index (χ2v) is 16.4. The van der Waals surface area contributed by atoms with Gasteiger partial charge in [0.1, 0.15) is 0 Å². The quantitative estimate of drug-likeness (QED) is 0.0969. The molecule has 5 aromatic carbocycles. The van der Waals surface area contributed by atoms with E-state index >= 15 is 0 Å². The summed E-state index contributed by atoms with van der Waals surface area (Å²) in [5, 5.41) is 0. The number of alkyl halides is 6. The molecule has 2 atom stereocenters. The van der Waals surface area contributed by atoms with E-state index in [2.05, 4.69) is 0 Å². The smallest absolute Gasteiger partial charge is 0.375 e. The molecule has 3 aliphatic rings. The molecule has 0 radical (unpaired) electrons. The Kier molecular flexibility index (Phi) is 8.49. The van der Waals surface area contributed by atoms with Crippen molar-refractivity contribution in [3.05, 3.63) is 143 Å². The van der Waals surface area contributed by atoms with Crippen LogP contribution in [0.5, 0.6) is 11.5 Å². The fourth-order valence-electron chi connectivity index (χ4n) is 8.19. The summed E-state index contributed by atoms with van der Waals surface area (Å²) in [5.41, 5.74) is -5.02. The monoisotopic (exact) mass is 782 g/mol. The fraction of sp³-hybridized carbons (Fsp3) is 0.200. The lowest BCUT2D eigenvalue weighted by Crippen LogP contribution is -2.29. The normalized spacial score (nSPS) is 18.1. The lowest BCUT2D eigenvalue weighted by atomic mass is 9.60. The first-order valence-electron chi connectivity index (χ1n) is 16.8. The van der Waals surface area contributed by atoms with Crippen LogP contribution < -0.4 is 8.37 Å². The summed E-state index contributed by atoms with van der Waals surface area (Å²) in [5.74, 6) is -1.88. The third kappa shape index (κ3) is 5.86. The van der Waals surface area contributed by atoms with Crippen molar-refractivity contribution in [3.8, 4) is 33.8 Å². The van der Waals surface area contributed by atoms with E-state index in [9.17, 15) is 43.2 Å². The summed E-state index contributed by atoms with van der Waals surface area (Å²) in [6.45, 7) is 0. The van der Waals surface area contributed by atoms with E-state index in [-0.39, 0.29) is 11.1 Å². The number of rotatable bonds is 6. The summed E-state index contributed by atoms with van der Waals surface area (Å²) >= 11 is 0. The highest BCUT2D eigenvalue weighted by molar-refractivity contribution is 7.88. The SMILES string of the molecule is O=S(=O)(Oc1ccc2c(c1-c1ccccc1)C1=C3c4c(ccc(OS(=O)(=O)C(F)(F)F)c4-c4ccccc4)CCC3c3ccccc3C1CC2)C(F)(F)F. The average molecular weight is 783 g/mol. The third-order valence-electron chi connectivity index (χ3n) is 10.3. The Morgan fingerprint density at radius 1 is 0.463 bits per heavy atom. The van der Waals surface area contributed by atoms with Crippen molar-refractivity contribution in [3.63, 3.8) is 0 Å². The molecule has 3 aliphatic carbocycles. The second kappa shape index (κ2) is 12.8. The zero-order valence-electron chi connectivity index (χ0n) is 27.9. The van der Waals surface area contributed by atoms with Crippen LogP contribution in [0.3, 0.4) is 0 Å². The second-order valence-electron chi connectivity index (χ2n) is 13.3. The molecule has 6 nitrogen and oxygen atoms in total. The molecule has 278 valence electrons. The molecule has 0 aromatic heterocycles. The van der Waals surface area contributed by atoms with Crippen LogP contribution in [0.4, 0.5) is 26.3 Å². The van der Waals surface area contributed by atoms with E-state index in [1.807, 2.05) is 24.3 Å². The lowest BCUT2D eigenvalue weighted by Gasteiger charge is -2.44. The highest BCUT2D eigenvalue weighted by atomic mass is 32.2. The molecule has 8 rings (SSSR count). The van der Waals surface area contributed by atoms with Crippen molar-refractivity contribution >= 4 is 31.4 Å². The van der Waals surface area contributed by atoms with Crippen LogP contribution >= 0.6 is 0 Å². The van der Waals surface area contributed by atoms with Gasteiger partial charge in [0, 0.05) is 23.0 Å². The Hall–Kier alpha value is -5.08. The van der Waals surface area contributed by atoms with E-state index in [0.29, 0.717) is 70.2 Å². The van der Waals surface area contributed by atoms with E-state index in [0.717, 1.165) is 11.1 Å². The molecule has 0 fully saturated rings. The third-order valence-corrected chi connectivity index (χ3v) is 12.2. The van der Waals surface area contributed by atoms with Crippen LogP contribution in [-0.4, -0.2) is 27.9 Å². The lowest BCUT2D eigenvalue weighted by molar-refractivity contribution is -0.0504. The molecule has 0 N–H and O–H groups in total. The van der Waals surface area contributed by atoms with Gasteiger partial charge in [-0.15, -0.1) is 0 Å². The minimum absolute atomic E-state index is 0.103. The molecule has 0 spiro atoms. The molecule has 5 aromatic rings. The van der Waals surface area contributed by atoms with Gasteiger partial charge in [0.15, 0.2) is 11.5 Å². The van der Waals surface area contributed by atoms with Crippen molar-refractivity contribution in [1.29, 1.82) is 0 Å². The predicted molar refractivity (Wildman–Crippen MR) is 190 cm³/mol. The van der Waals surface area contributed by atoms with E-state index in [1.54, 1.807) is 72.8 Å². The molecule has 14 heteroatoms. The highest BCUT2D eigenvalue weighted by Gasteiger charge is 2.51. The minimum Gasteiger partial charge on any atom is -0.375 e. The number of benzene rings is 5. The van der Waals surface area contributed by atoms with Crippen LogP contribution in [0.25, 0.3) is 33.4 Å². The van der Waals surface area contributed by atoms with Gasteiger partial charge < -0.3 is 8.37 Å². The Morgan fingerprint density at radius 2 is 0.815 bits per heavy atom. The van der Waals surface area contributed by atoms with Crippen LogP contribution in [0.1, 0.15) is 58.1 Å². The van der Waals surface area contributed by atoms with Gasteiger partial charge in [-0.25, -0.2) is 0 Å². The van der Waals surface area contributed by atoms with Crippen molar-refractivity contribution in [1.82, 2.24) is 0 Å². The number of hydrogen-bond donors (Lipinski definition) is 0. The van der Waals surface area contributed by atoms with E-state index in [1.165, 1.54) is 12.1 Å². The van der Waals surface area contributed by atoms with Crippen LogP contribution in [0, 0.1) is 0 Å². The maximum atomic E-state index is 13.8. The fourth-order valence-corrected chi connectivity index (χ4v) is 9.13. The Morgan fingerprint density at radius 3 is 1.17 bits per heavy atom. The molecule has 54 heavy (non-hydrogen) atoms. The Labute approximate surface area is 306 Å². The summed E-state index contributed by atoms with van der Waals surface area (Å²) in [6, 6.07) is 29.7. The molecule has 2 unspecified atom stereocenters. The van der Waals surface area contributed by atoms with Crippen LogP contribution in [-0.2, 0) is 33.1 Å². The van der Waals surface area contributed by atoms with Gasteiger partial charge in [-0.05, 0) is 93.5 Å². The van der Waals surface area contributed by atoms with Crippen molar-refractivity contribution in [2.75, 3.05) is 0 Å². The van der Waals surface area contributed by atoms with Crippen molar-refractivity contribution in [2.24, 2.45) is 0 Å². The first-order chi connectivity index (χ1) is 25.6. The molecule has 0 bridgehead atoms. The summed E-state index contributed by atoms with van der Waals surface area (Å²) in [4.78, 5) is 0. The number of halogens is 6. The maximum Gasteiger partial charge on any atom is 0.534 e. The molecule has 0 saturated heterocycles. The first-order valence-corrected chi connectivity index (χ1v) is 19.7. The molecule has 0 amide bonds. The minimum atomic E-state index is -6.12. The number of allylic oxidation sites excluding steroid dienone is 2. The summed E-state index contributed by atoms with van der Waals surface area (Å²) < 4.78 is 143. The van der Waals surface area contributed by atoms with Gasteiger partial charge in [0.05, 0.1) is 0 Å². The van der Waals surface area contributed by atoms with Gasteiger partial charge in [-0.3, -0.25) is 0 Å². The van der Waals surface area contributed by atoms with Gasteiger partial charge in [-0.1, -0.05) is 97.1 Å². The van der Waals surface area contributed by atoms with Gasteiger partial charge in [-0.2, -0.15) is 43.2 Å². The molecular weight excluding hydrogens is 755 g/mol. The van der Waals surface area contributed by atoms with Gasteiger partial charge in [0.2, 0.25) is 0 Å². The number of aryl methyl sites for hydroxylation is 2. The molecule has 0 aliphatic heterocycles. The predicted octanol–water partition coefficient (Wildman–Crippen LogP) is 10.2. The zero-order valence-corrected chi connectivity index (χ0v) is 29.5.